The third-order valence-electron chi connectivity index (χ3n) is 2.82. The second kappa shape index (κ2) is 7.07. The van der Waals surface area contributed by atoms with Crippen LogP contribution >= 0.6 is 39.7 Å². The maximum atomic E-state index is 6.05. The summed E-state index contributed by atoms with van der Waals surface area (Å²) in [5, 5.41) is 7.59. The van der Waals surface area contributed by atoms with Crippen LogP contribution in [0.25, 0.3) is 0 Å². The number of rotatable bonds is 3. The SMILES string of the molecule is C[C@H](NC(=S)Nc1ccc(Br)c(Cl)c1)c1ccccc1. The highest BCUT2D eigenvalue weighted by atomic mass is 79.9. The zero-order chi connectivity index (χ0) is 14.5. The van der Waals surface area contributed by atoms with Crippen molar-refractivity contribution in [3.63, 3.8) is 0 Å². The van der Waals surface area contributed by atoms with E-state index < -0.39 is 0 Å². The van der Waals surface area contributed by atoms with Crippen LogP contribution in [-0.2, 0) is 0 Å². The molecule has 2 nitrogen and oxygen atoms in total. The number of halogens is 2. The van der Waals surface area contributed by atoms with Gasteiger partial charge in [-0.2, -0.15) is 0 Å². The van der Waals surface area contributed by atoms with Gasteiger partial charge < -0.3 is 10.6 Å². The number of anilines is 1. The Morgan fingerprint density at radius 1 is 1.20 bits per heavy atom. The van der Waals surface area contributed by atoms with E-state index in [1.54, 1.807) is 0 Å². The zero-order valence-corrected chi connectivity index (χ0v) is 14.0. The van der Waals surface area contributed by atoms with E-state index in [2.05, 4.69) is 45.6 Å². The second-order valence-electron chi connectivity index (χ2n) is 4.36. The molecule has 0 bridgehead atoms. The largest absolute Gasteiger partial charge is 0.356 e. The summed E-state index contributed by atoms with van der Waals surface area (Å²) in [6.45, 7) is 2.07. The Kier molecular flexibility index (Phi) is 5.40. The number of hydrogen-bond acceptors (Lipinski definition) is 1. The number of thiocarbonyl (C=S) groups is 1. The Balaban J connectivity index is 1.97. The first-order valence-electron chi connectivity index (χ1n) is 6.14. The van der Waals surface area contributed by atoms with Crippen LogP contribution in [0.15, 0.2) is 53.0 Å². The van der Waals surface area contributed by atoms with Gasteiger partial charge in [0.05, 0.1) is 11.1 Å². The standard InChI is InChI=1S/C15H14BrClN2S/c1-10(11-5-3-2-4-6-11)18-15(20)19-12-7-8-13(16)14(17)9-12/h2-10H,1H3,(H2,18,19,20)/t10-/m0/s1. The molecule has 5 heteroatoms. The van der Waals surface area contributed by atoms with Gasteiger partial charge in [-0.15, -0.1) is 0 Å². The van der Waals surface area contributed by atoms with Crippen LogP contribution < -0.4 is 10.6 Å². The molecule has 0 aromatic heterocycles. The fourth-order valence-corrected chi connectivity index (χ4v) is 2.48. The Morgan fingerprint density at radius 3 is 2.55 bits per heavy atom. The van der Waals surface area contributed by atoms with Crippen LogP contribution in [-0.4, -0.2) is 5.11 Å². The minimum absolute atomic E-state index is 0.141. The molecule has 2 N–H and O–H groups in total. The predicted octanol–water partition coefficient (Wildman–Crippen LogP) is 5.15. The monoisotopic (exact) mass is 368 g/mol. The van der Waals surface area contributed by atoms with Crippen molar-refractivity contribution in [2.45, 2.75) is 13.0 Å². The lowest BCUT2D eigenvalue weighted by atomic mass is 10.1. The van der Waals surface area contributed by atoms with E-state index in [1.165, 1.54) is 5.56 Å². The molecule has 2 aromatic carbocycles. The molecular weight excluding hydrogens is 356 g/mol. The van der Waals surface area contributed by atoms with E-state index in [4.69, 9.17) is 23.8 Å². The van der Waals surface area contributed by atoms with Crippen molar-refractivity contribution in [1.29, 1.82) is 0 Å². The van der Waals surface area contributed by atoms with Gasteiger partial charge in [0, 0.05) is 10.2 Å². The van der Waals surface area contributed by atoms with E-state index in [0.29, 0.717) is 10.1 Å². The molecule has 0 aliphatic carbocycles. The molecule has 0 aliphatic rings. The van der Waals surface area contributed by atoms with Gasteiger partial charge in [0.2, 0.25) is 0 Å². The summed E-state index contributed by atoms with van der Waals surface area (Å²) < 4.78 is 0.862. The molecule has 0 radical (unpaired) electrons. The summed E-state index contributed by atoms with van der Waals surface area (Å²) in [7, 11) is 0. The molecule has 0 amide bonds. The summed E-state index contributed by atoms with van der Waals surface area (Å²) in [5.74, 6) is 0. The van der Waals surface area contributed by atoms with E-state index in [9.17, 15) is 0 Å². The van der Waals surface area contributed by atoms with E-state index in [1.807, 2.05) is 36.4 Å². The van der Waals surface area contributed by atoms with Crippen molar-refractivity contribution in [3.05, 3.63) is 63.6 Å². The van der Waals surface area contributed by atoms with Gasteiger partial charge in [-0.25, -0.2) is 0 Å². The van der Waals surface area contributed by atoms with Crippen LogP contribution in [0.1, 0.15) is 18.5 Å². The van der Waals surface area contributed by atoms with Crippen LogP contribution in [0.4, 0.5) is 5.69 Å². The van der Waals surface area contributed by atoms with Gasteiger partial charge in [-0.05, 0) is 58.8 Å². The van der Waals surface area contributed by atoms with Crippen molar-refractivity contribution in [2.75, 3.05) is 5.32 Å². The Labute approximate surface area is 137 Å². The second-order valence-corrected chi connectivity index (χ2v) is 6.03. The lowest BCUT2D eigenvalue weighted by molar-refractivity contribution is 0.722. The van der Waals surface area contributed by atoms with Gasteiger partial charge in [0.15, 0.2) is 5.11 Å². The molecule has 1 atom stereocenters. The smallest absolute Gasteiger partial charge is 0.171 e. The first kappa shape index (κ1) is 15.3. The summed E-state index contributed by atoms with van der Waals surface area (Å²) in [4.78, 5) is 0. The molecule has 104 valence electrons. The molecule has 2 rings (SSSR count). The molecule has 0 unspecified atom stereocenters. The maximum absolute atomic E-state index is 6.05. The molecule has 0 fully saturated rings. The average molecular weight is 370 g/mol. The third-order valence-corrected chi connectivity index (χ3v) is 4.28. The summed E-state index contributed by atoms with van der Waals surface area (Å²) in [6, 6.07) is 15.9. The highest BCUT2D eigenvalue weighted by Crippen LogP contribution is 2.25. The van der Waals surface area contributed by atoms with E-state index in [0.717, 1.165) is 10.2 Å². The third kappa shape index (κ3) is 4.20. The fourth-order valence-electron chi connectivity index (χ4n) is 1.76. The lowest BCUT2D eigenvalue weighted by Crippen LogP contribution is -2.30. The summed E-state index contributed by atoms with van der Waals surface area (Å²) >= 11 is 14.7. The van der Waals surface area contributed by atoms with Crippen molar-refractivity contribution in [1.82, 2.24) is 5.32 Å². The first-order chi connectivity index (χ1) is 9.56. The Morgan fingerprint density at radius 2 is 1.90 bits per heavy atom. The summed E-state index contributed by atoms with van der Waals surface area (Å²) in [5.41, 5.74) is 2.04. The number of hydrogen-bond donors (Lipinski definition) is 2. The fraction of sp³-hybridized carbons (Fsp3) is 0.133. The minimum Gasteiger partial charge on any atom is -0.356 e. The van der Waals surface area contributed by atoms with Gasteiger partial charge >= 0.3 is 0 Å². The van der Waals surface area contributed by atoms with Crippen molar-refractivity contribution >= 4 is 50.5 Å². The minimum atomic E-state index is 0.141. The first-order valence-corrected chi connectivity index (χ1v) is 7.71. The molecule has 0 aliphatic heterocycles. The molecule has 20 heavy (non-hydrogen) atoms. The lowest BCUT2D eigenvalue weighted by Gasteiger charge is -2.17. The molecule has 0 saturated carbocycles. The van der Waals surface area contributed by atoms with Gasteiger partial charge in [-0.1, -0.05) is 41.9 Å². The van der Waals surface area contributed by atoms with Gasteiger partial charge in [0.1, 0.15) is 0 Å². The van der Waals surface area contributed by atoms with Crippen molar-refractivity contribution < 1.29 is 0 Å². The number of benzene rings is 2. The quantitative estimate of drug-likeness (QED) is 0.732. The van der Waals surface area contributed by atoms with Crippen molar-refractivity contribution in [2.24, 2.45) is 0 Å². The Hall–Kier alpha value is -1.10. The molecule has 0 heterocycles. The van der Waals surface area contributed by atoms with Crippen LogP contribution in [0.3, 0.4) is 0 Å². The van der Waals surface area contributed by atoms with E-state index in [-0.39, 0.29) is 6.04 Å². The normalized spacial score (nSPS) is 11.8. The maximum Gasteiger partial charge on any atom is 0.171 e. The van der Waals surface area contributed by atoms with E-state index >= 15 is 0 Å². The van der Waals surface area contributed by atoms with Crippen LogP contribution in [0.2, 0.25) is 5.02 Å². The molecule has 0 saturated heterocycles. The highest BCUT2D eigenvalue weighted by molar-refractivity contribution is 9.10. The highest BCUT2D eigenvalue weighted by Gasteiger charge is 2.07. The Bertz CT molecular complexity index is 604. The summed E-state index contributed by atoms with van der Waals surface area (Å²) in [6.07, 6.45) is 0. The molecular formula is C15H14BrClN2S. The van der Waals surface area contributed by atoms with Crippen molar-refractivity contribution in [3.8, 4) is 0 Å². The van der Waals surface area contributed by atoms with Gasteiger partial charge in [-0.3, -0.25) is 0 Å². The molecule has 0 spiro atoms. The van der Waals surface area contributed by atoms with Crippen LogP contribution in [0.5, 0.6) is 0 Å². The van der Waals surface area contributed by atoms with Crippen LogP contribution in [0, 0.1) is 0 Å². The topological polar surface area (TPSA) is 24.1 Å². The number of nitrogens with one attached hydrogen (secondary N) is 2. The van der Waals surface area contributed by atoms with Gasteiger partial charge in [0.25, 0.3) is 0 Å². The predicted molar refractivity (Wildman–Crippen MR) is 93.4 cm³/mol. The molecule has 2 aromatic rings. The zero-order valence-electron chi connectivity index (χ0n) is 10.9. The average Bonchev–Trinajstić information content (AvgIpc) is 2.44.